The standard InChI is InChI=1S/C15H18N2S2/c1-3-17(4-2)15(18)19-12-14(11-16)10-13-8-6-5-7-9-13/h5-10H,3-4,12H2,1-2H3/b14-10-. The van der Waals surface area contributed by atoms with Gasteiger partial charge in [0.1, 0.15) is 4.32 Å². The minimum Gasteiger partial charge on any atom is -0.358 e. The van der Waals surface area contributed by atoms with Gasteiger partial charge in [-0.2, -0.15) is 5.26 Å². The van der Waals surface area contributed by atoms with E-state index >= 15 is 0 Å². The monoisotopic (exact) mass is 290 g/mol. The lowest BCUT2D eigenvalue weighted by Gasteiger charge is -2.20. The van der Waals surface area contributed by atoms with E-state index in [0.717, 1.165) is 28.5 Å². The number of rotatable bonds is 5. The summed E-state index contributed by atoms with van der Waals surface area (Å²) in [7, 11) is 0. The molecule has 1 aromatic carbocycles. The molecular weight excluding hydrogens is 272 g/mol. The molecule has 1 aromatic rings. The van der Waals surface area contributed by atoms with E-state index in [-0.39, 0.29) is 0 Å². The smallest absolute Gasteiger partial charge is 0.136 e. The molecule has 0 aliphatic heterocycles. The van der Waals surface area contributed by atoms with Gasteiger partial charge in [0.05, 0.1) is 6.07 Å². The fourth-order valence-corrected chi connectivity index (χ4v) is 2.87. The maximum absolute atomic E-state index is 9.16. The molecule has 0 N–H and O–H groups in total. The normalized spacial score (nSPS) is 10.9. The van der Waals surface area contributed by atoms with Crippen LogP contribution in [0.25, 0.3) is 6.08 Å². The molecule has 0 radical (unpaired) electrons. The number of nitrogens with zero attached hydrogens (tertiary/aromatic N) is 2. The summed E-state index contributed by atoms with van der Waals surface area (Å²) in [6.45, 7) is 5.99. The largest absolute Gasteiger partial charge is 0.358 e. The van der Waals surface area contributed by atoms with Crippen molar-refractivity contribution in [3.05, 3.63) is 41.5 Å². The fourth-order valence-electron chi connectivity index (χ4n) is 1.57. The summed E-state index contributed by atoms with van der Waals surface area (Å²) in [6, 6.07) is 12.1. The van der Waals surface area contributed by atoms with Crippen molar-refractivity contribution < 1.29 is 0 Å². The van der Waals surface area contributed by atoms with Gasteiger partial charge in [-0.25, -0.2) is 0 Å². The number of benzene rings is 1. The highest BCUT2D eigenvalue weighted by atomic mass is 32.2. The van der Waals surface area contributed by atoms with E-state index in [4.69, 9.17) is 17.5 Å². The van der Waals surface area contributed by atoms with E-state index in [2.05, 4.69) is 24.8 Å². The van der Waals surface area contributed by atoms with Gasteiger partial charge in [0.15, 0.2) is 0 Å². The number of nitriles is 1. The highest BCUT2D eigenvalue weighted by Gasteiger charge is 2.07. The Kier molecular flexibility index (Phi) is 7.24. The predicted molar refractivity (Wildman–Crippen MR) is 88.0 cm³/mol. The van der Waals surface area contributed by atoms with E-state index < -0.39 is 0 Å². The second-order valence-corrected chi connectivity index (χ2v) is 5.53. The third kappa shape index (κ3) is 5.46. The molecule has 4 heteroatoms. The van der Waals surface area contributed by atoms with E-state index in [0.29, 0.717) is 5.75 Å². The number of thiocarbonyl (C=S) groups is 1. The maximum atomic E-state index is 9.16. The Morgan fingerprint density at radius 2 is 1.95 bits per heavy atom. The highest BCUT2D eigenvalue weighted by Crippen LogP contribution is 2.15. The van der Waals surface area contributed by atoms with Crippen molar-refractivity contribution >= 4 is 34.4 Å². The number of hydrogen-bond acceptors (Lipinski definition) is 3. The summed E-state index contributed by atoms with van der Waals surface area (Å²) in [4.78, 5) is 2.12. The molecule has 0 heterocycles. The Balaban J connectivity index is 2.62. The molecule has 0 amide bonds. The van der Waals surface area contributed by atoms with E-state index in [1.54, 1.807) is 11.8 Å². The van der Waals surface area contributed by atoms with Gasteiger partial charge >= 0.3 is 0 Å². The van der Waals surface area contributed by atoms with Crippen LogP contribution in [0.1, 0.15) is 19.4 Å². The second-order valence-electron chi connectivity index (χ2n) is 3.92. The van der Waals surface area contributed by atoms with E-state index in [9.17, 15) is 0 Å². The minimum absolute atomic E-state index is 0.626. The van der Waals surface area contributed by atoms with Crippen LogP contribution < -0.4 is 0 Å². The molecule has 0 aliphatic rings. The van der Waals surface area contributed by atoms with Gasteiger partial charge in [0.25, 0.3) is 0 Å². The first-order valence-electron chi connectivity index (χ1n) is 6.28. The predicted octanol–water partition coefficient (Wildman–Crippen LogP) is 3.95. The van der Waals surface area contributed by atoms with Crippen LogP contribution in [0, 0.1) is 11.3 Å². The molecule has 19 heavy (non-hydrogen) atoms. The van der Waals surface area contributed by atoms with Crippen molar-refractivity contribution in [2.75, 3.05) is 18.8 Å². The Hall–Kier alpha value is -1.31. The Bertz CT molecular complexity index is 471. The van der Waals surface area contributed by atoms with Crippen molar-refractivity contribution in [3.8, 4) is 6.07 Å². The first kappa shape index (κ1) is 15.7. The lowest BCUT2D eigenvalue weighted by molar-refractivity contribution is 0.482. The average Bonchev–Trinajstić information content (AvgIpc) is 2.45. The van der Waals surface area contributed by atoms with Crippen molar-refractivity contribution in [3.63, 3.8) is 0 Å². The molecule has 0 aromatic heterocycles. The quantitative estimate of drug-likeness (QED) is 0.606. The summed E-state index contributed by atoms with van der Waals surface area (Å²) < 4.78 is 0.860. The summed E-state index contributed by atoms with van der Waals surface area (Å²) in [5.74, 6) is 0.626. The summed E-state index contributed by atoms with van der Waals surface area (Å²) >= 11 is 6.91. The van der Waals surface area contributed by atoms with E-state index in [1.807, 2.05) is 36.4 Å². The van der Waals surface area contributed by atoms with Crippen LogP contribution >= 0.6 is 24.0 Å². The van der Waals surface area contributed by atoms with Crippen LogP contribution in [0.5, 0.6) is 0 Å². The number of hydrogen-bond donors (Lipinski definition) is 0. The van der Waals surface area contributed by atoms with Crippen LogP contribution in [0.15, 0.2) is 35.9 Å². The lowest BCUT2D eigenvalue weighted by Crippen LogP contribution is -2.26. The van der Waals surface area contributed by atoms with Crippen LogP contribution in [-0.4, -0.2) is 28.1 Å². The van der Waals surface area contributed by atoms with Gasteiger partial charge in [-0.3, -0.25) is 0 Å². The molecule has 0 fully saturated rings. The molecule has 2 nitrogen and oxygen atoms in total. The summed E-state index contributed by atoms with van der Waals surface area (Å²) in [6.07, 6.45) is 1.91. The zero-order valence-corrected chi connectivity index (χ0v) is 12.9. The molecule has 0 aliphatic carbocycles. The van der Waals surface area contributed by atoms with Crippen LogP contribution in [-0.2, 0) is 0 Å². The molecule has 1 rings (SSSR count). The lowest BCUT2D eigenvalue weighted by atomic mass is 10.1. The topological polar surface area (TPSA) is 27.0 Å². The first-order valence-corrected chi connectivity index (χ1v) is 7.68. The highest BCUT2D eigenvalue weighted by molar-refractivity contribution is 8.23. The molecule has 0 atom stereocenters. The SMILES string of the molecule is CCN(CC)C(=S)SC/C(C#N)=C\c1ccccc1. The van der Waals surface area contributed by atoms with Gasteiger partial charge in [-0.1, -0.05) is 54.3 Å². The van der Waals surface area contributed by atoms with Crippen molar-refractivity contribution in [2.45, 2.75) is 13.8 Å². The summed E-state index contributed by atoms with van der Waals surface area (Å²) in [5, 5.41) is 9.16. The van der Waals surface area contributed by atoms with Crippen molar-refractivity contribution in [1.82, 2.24) is 4.90 Å². The van der Waals surface area contributed by atoms with Gasteiger partial charge in [-0.05, 0) is 25.5 Å². The van der Waals surface area contributed by atoms with Crippen molar-refractivity contribution in [1.29, 1.82) is 5.26 Å². The van der Waals surface area contributed by atoms with Gasteiger partial charge < -0.3 is 4.90 Å². The Morgan fingerprint density at radius 1 is 1.32 bits per heavy atom. The van der Waals surface area contributed by atoms with E-state index in [1.165, 1.54) is 0 Å². The van der Waals surface area contributed by atoms with Crippen molar-refractivity contribution in [2.24, 2.45) is 0 Å². The van der Waals surface area contributed by atoms with Gasteiger partial charge in [-0.15, -0.1) is 0 Å². The third-order valence-electron chi connectivity index (χ3n) is 2.66. The van der Waals surface area contributed by atoms with Crippen LogP contribution in [0.3, 0.4) is 0 Å². The first-order chi connectivity index (χ1) is 9.21. The van der Waals surface area contributed by atoms with Crippen LogP contribution in [0.4, 0.5) is 0 Å². The third-order valence-corrected chi connectivity index (χ3v) is 4.23. The van der Waals surface area contributed by atoms with Gasteiger partial charge in [0.2, 0.25) is 0 Å². The molecule has 0 unspecified atom stereocenters. The minimum atomic E-state index is 0.626. The molecule has 0 saturated carbocycles. The van der Waals surface area contributed by atoms with Gasteiger partial charge in [0, 0.05) is 24.4 Å². The molecule has 0 spiro atoms. The molecule has 100 valence electrons. The Labute approximate surface area is 125 Å². The fraction of sp³-hybridized carbons (Fsp3) is 0.333. The van der Waals surface area contributed by atoms with Crippen LogP contribution in [0.2, 0.25) is 0 Å². The zero-order chi connectivity index (χ0) is 14.1. The second kappa shape index (κ2) is 8.73. The average molecular weight is 290 g/mol. The molecule has 0 bridgehead atoms. The molecule has 0 saturated heterocycles. The maximum Gasteiger partial charge on any atom is 0.136 e. The zero-order valence-electron chi connectivity index (χ0n) is 11.3. The molecular formula is C15H18N2S2. The number of thioether (sulfide) groups is 1. The Morgan fingerprint density at radius 3 is 2.47 bits per heavy atom. The summed E-state index contributed by atoms with van der Waals surface area (Å²) in [5.41, 5.74) is 1.79.